The fourth-order valence-electron chi connectivity index (χ4n) is 4.20. The van der Waals surface area contributed by atoms with Crippen molar-refractivity contribution in [3.8, 4) is 11.1 Å². The first-order valence-electron chi connectivity index (χ1n) is 10.4. The fraction of sp³-hybridized carbons (Fsp3) is 0.240. The molecule has 0 radical (unpaired) electrons. The molecule has 31 heavy (non-hydrogen) atoms. The minimum Gasteiger partial charge on any atom is -0.710 e. The largest absolute Gasteiger partial charge is 0.710 e. The van der Waals surface area contributed by atoms with E-state index in [0.717, 1.165) is 51.3 Å². The standard InChI is InChI=1S/C25H23N3O3/c1-16-13-14-26-23-22(16)28(30)24(19-11-12-19)27(23)15-17-7-9-18(10-8-17)20-5-3-4-6-21(20)25(29)31-2/h3-10,13-14,19H,11-12,15H2,1-2H3. The number of aryl methyl sites for hydroxylation is 1. The molecule has 4 aromatic rings. The number of fused-ring (bicyclic) bond motifs is 1. The van der Waals surface area contributed by atoms with E-state index in [1.54, 1.807) is 12.3 Å². The van der Waals surface area contributed by atoms with Crippen molar-refractivity contribution in [3.63, 3.8) is 0 Å². The molecule has 0 bridgehead atoms. The number of nitrogens with zero attached hydrogens (tertiary/aromatic N) is 3. The highest BCUT2D eigenvalue weighted by atomic mass is 16.5. The summed E-state index contributed by atoms with van der Waals surface area (Å²) in [5, 5.41) is 13.0. The Labute approximate surface area is 180 Å². The van der Waals surface area contributed by atoms with Gasteiger partial charge in [-0.25, -0.2) is 19.1 Å². The van der Waals surface area contributed by atoms with Gasteiger partial charge in [-0.2, -0.15) is 0 Å². The third-order valence-electron chi connectivity index (χ3n) is 5.93. The highest BCUT2D eigenvalue weighted by molar-refractivity contribution is 5.97. The minimum absolute atomic E-state index is 0.303. The lowest BCUT2D eigenvalue weighted by Crippen LogP contribution is -2.31. The van der Waals surface area contributed by atoms with Gasteiger partial charge in [0.2, 0.25) is 5.52 Å². The number of rotatable bonds is 5. The monoisotopic (exact) mass is 413 g/mol. The second kappa shape index (κ2) is 7.54. The maximum Gasteiger partial charge on any atom is 0.338 e. The normalized spacial score (nSPS) is 13.5. The van der Waals surface area contributed by atoms with Gasteiger partial charge in [0.25, 0.3) is 11.5 Å². The maximum atomic E-state index is 13.0. The highest BCUT2D eigenvalue weighted by Gasteiger charge is 2.37. The summed E-state index contributed by atoms with van der Waals surface area (Å²) in [6, 6.07) is 17.4. The van der Waals surface area contributed by atoms with Crippen LogP contribution in [-0.4, -0.2) is 22.6 Å². The summed E-state index contributed by atoms with van der Waals surface area (Å²) >= 11 is 0. The van der Waals surface area contributed by atoms with Crippen LogP contribution in [0.5, 0.6) is 0 Å². The van der Waals surface area contributed by atoms with Gasteiger partial charge in [-0.1, -0.05) is 42.5 Å². The molecule has 0 aliphatic heterocycles. The van der Waals surface area contributed by atoms with Gasteiger partial charge in [-0.05, 0) is 48.6 Å². The number of aromatic nitrogens is 3. The van der Waals surface area contributed by atoms with Gasteiger partial charge in [0.1, 0.15) is 6.54 Å². The number of carbonyl (C=O) groups excluding carboxylic acids is 1. The van der Waals surface area contributed by atoms with E-state index < -0.39 is 0 Å². The summed E-state index contributed by atoms with van der Waals surface area (Å²) < 4.78 is 8.05. The molecule has 0 amide bonds. The number of ether oxygens (including phenoxy) is 1. The Morgan fingerprint density at radius 2 is 1.90 bits per heavy atom. The molecule has 2 heterocycles. The third-order valence-corrected chi connectivity index (χ3v) is 5.93. The van der Waals surface area contributed by atoms with Crippen LogP contribution in [-0.2, 0) is 11.3 Å². The first-order valence-corrected chi connectivity index (χ1v) is 10.4. The topological polar surface area (TPSA) is 71.1 Å². The molecule has 2 aromatic carbocycles. The second-order valence-electron chi connectivity index (χ2n) is 8.05. The summed E-state index contributed by atoms with van der Waals surface area (Å²) in [5.74, 6) is 0.753. The molecule has 0 N–H and O–H groups in total. The van der Waals surface area contributed by atoms with Crippen LogP contribution in [0.25, 0.3) is 22.3 Å². The van der Waals surface area contributed by atoms with Crippen LogP contribution in [0.2, 0.25) is 0 Å². The van der Waals surface area contributed by atoms with Crippen LogP contribution in [0.15, 0.2) is 60.8 Å². The Morgan fingerprint density at radius 1 is 1.16 bits per heavy atom. The van der Waals surface area contributed by atoms with Crippen LogP contribution in [0.1, 0.15) is 46.1 Å². The molecule has 1 aliphatic rings. The average molecular weight is 413 g/mol. The Hall–Kier alpha value is -3.67. The lowest BCUT2D eigenvalue weighted by Gasteiger charge is -2.09. The van der Waals surface area contributed by atoms with E-state index in [4.69, 9.17) is 4.74 Å². The maximum absolute atomic E-state index is 13.0. The molecule has 1 fully saturated rings. The smallest absolute Gasteiger partial charge is 0.338 e. The van der Waals surface area contributed by atoms with E-state index >= 15 is 0 Å². The lowest BCUT2D eigenvalue weighted by molar-refractivity contribution is -0.587. The van der Waals surface area contributed by atoms with E-state index in [2.05, 4.69) is 9.55 Å². The molecule has 5 rings (SSSR count). The highest BCUT2D eigenvalue weighted by Crippen LogP contribution is 2.40. The van der Waals surface area contributed by atoms with Crippen molar-refractivity contribution in [2.24, 2.45) is 0 Å². The molecule has 1 saturated carbocycles. The van der Waals surface area contributed by atoms with E-state index in [9.17, 15) is 10.0 Å². The van der Waals surface area contributed by atoms with Crippen molar-refractivity contribution in [1.29, 1.82) is 0 Å². The van der Waals surface area contributed by atoms with Crippen LogP contribution < -0.4 is 4.73 Å². The summed E-state index contributed by atoms with van der Waals surface area (Å²) in [4.78, 5) is 16.6. The Balaban J connectivity index is 1.52. The number of hydrogen-bond donors (Lipinski definition) is 0. The number of pyridine rings is 1. The fourth-order valence-corrected chi connectivity index (χ4v) is 4.20. The number of hydrogen-bond acceptors (Lipinski definition) is 4. The van der Waals surface area contributed by atoms with E-state index in [-0.39, 0.29) is 5.97 Å². The molecule has 0 atom stereocenters. The van der Waals surface area contributed by atoms with Gasteiger partial charge in [0.15, 0.2) is 0 Å². The first kappa shape index (κ1) is 19.3. The summed E-state index contributed by atoms with van der Waals surface area (Å²) in [6.45, 7) is 2.53. The molecule has 0 unspecified atom stereocenters. The first-order chi connectivity index (χ1) is 15.1. The summed E-state index contributed by atoms with van der Waals surface area (Å²) in [6.07, 6.45) is 3.85. The lowest BCUT2D eigenvalue weighted by atomic mass is 9.98. The second-order valence-corrected chi connectivity index (χ2v) is 8.05. The SMILES string of the molecule is COC(=O)c1ccccc1-c1ccc(Cn2c(C3CC3)[n+]([O-])c3c(C)ccnc32)cc1. The van der Waals surface area contributed by atoms with Crippen molar-refractivity contribution in [3.05, 3.63) is 88.5 Å². The molecule has 6 heteroatoms. The van der Waals surface area contributed by atoms with E-state index in [1.165, 1.54) is 7.11 Å². The predicted molar refractivity (Wildman–Crippen MR) is 118 cm³/mol. The van der Waals surface area contributed by atoms with Crippen LogP contribution in [0, 0.1) is 12.1 Å². The van der Waals surface area contributed by atoms with Crippen LogP contribution in [0.4, 0.5) is 0 Å². The van der Waals surface area contributed by atoms with Crippen molar-refractivity contribution < 1.29 is 14.3 Å². The quantitative estimate of drug-likeness (QED) is 0.277. The van der Waals surface area contributed by atoms with Crippen molar-refractivity contribution >= 4 is 17.1 Å². The van der Waals surface area contributed by atoms with Crippen molar-refractivity contribution in [2.45, 2.75) is 32.2 Å². The molecule has 0 spiro atoms. The zero-order valence-corrected chi connectivity index (χ0v) is 17.5. The summed E-state index contributed by atoms with van der Waals surface area (Å²) in [5.41, 5.74) is 5.72. The molecule has 0 saturated heterocycles. The Morgan fingerprint density at radius 3 is 2.61 bits per heavy atom. The van der Waals surface area contributed by atoms with Crippen molar-refractivity contribution in [2.75, 3.05) is 7.11 Å². The van der Waals surface area contributed by atoms with E-state index in [1.807, 2.05) is 55.5 Å². The van der Waals surface area contributed by atoms with Gasteiger partial charge in [0.05, 0.1) is 18.6 Å². The third kappa shape index (κ3) is 3.34. The minimum atomic E-state index is -0.353. The van der Waals surface area contributed by atoms with E-state index in [0.29, 0.717) is 23.5 Å². The number of benzene rings is 2. The average Bonchev–Trinajstić information content (AvgIpc) is 3.59. The molecule has 2 aromatic heterocycles. The van der Waals surface area contributed by atoms with Gasteiger partial charge in [-0.15, -0.1) is 0 Å². The zero-order chi connectivity index (χ0) is 21.5. The van der Waals surface area contributed by atoms with Crippen LogP contribution in [0.3, 0.4) is 0 Å². The number of carbonyl (C=O) groups is 1. The summed E-state index contributed by atoms with van der Waals surface area (Å²) in [7, 11) is 1.39. The zero-order valence-electron chi connectivity index (χ0n) is 17.5. The van der Waals surface area contributed by atoms with Gasteiger partial charge < -0.3 is 9.94 Å². The number of methoxy groups -OCH3 is 1. The Kier molecular flexibility index (Phi) is 4.70. The molecular formula is C25H23N3O3. The van der Waals surface area contributed by atoms with Crippen molar-refractivity contribution in [1.82, 2.24) is 9.55 Å². The molecule has 6 nitrogen and oxygen atoms in total. The Bertz CT molecular complexity index is 1290. The van der Waals surface area contributed by atoms with Gasteiger partial charge in [-0.3, -0.25) is 0 Å². The number of esters is 1. The van der Waals surface area contributed by atoms with Gasteiger partial charge >= 0.3 is 5.97 Å². The van der Waals surface area contributed by atoms with Gasteiger partial charge in [0, 0.05) is 11.8 Å². The van der Waals surface area contributed by atoms with Crippen LogP contribution >= 0.6 is 0 Å². The molecular weight excluding hydrogens is 390 g/mol. The predicted octanol–water partition coefficient (Wildman–Crippen LogP) is 4.36. The molecule has 156 valence electrons. The molecule has 1 aliphatic carbocycles. The number of imidazole rings is 1.